The SMILES string of the molecule is NCCCC(=O)N[C@@H](Cc1c[nH]c2ccc(O)cc12)C(=O)N[C@@H](Cc1cccc2ccccc12)C(=O)N[C@@H](CCCCN=C(N)N)C(N)=O. The molecule has 0 aliphatic carbocycles. The van der Waals surface area contributed by atoms with E-state index in [1.807, 2.05) is 42.5 Å². The van der Waals surface area contributed by atoms with E-state index in [4.69, 9.17) is 22.9 Å². The summed E-state index contributed by atoms with van der Waals surface area (Å²) in [4.78, 5) is 60.3. The van der Waals surface area contributed by atoms with Gasteiger partial charge in [0, 0.05) is 42.9 Å². The zero-order valence-corrected chi connectivity index (χ0v) is 27.3. The Hall–Kier alpha value is -5.63. The maximum absolute atomic E-state index is 14.1. The van der Waals surface area contributed by atoms with Crippen molar-refractivity contribution in [2.45, 2.75) is 63.1 Å². The molecule has 4 aromatic rings. The van der Waals surface area contributed by atoms with E-state index < -0.39 is 35.8 Å². The summed E-state index contributed by atoms with van der Waals surface area (Å²) in [6.07, 6.45) is 3.69. The van der Waals surface area contributed by atoms with Gasteiger partial charge in [-0.1, -0.05) is 42.5 Å². The van der Waals surface area contributed by atoms with Crippen LogP contribution in [-0.4, -0.2) is 70.9 Å². The maximum atomic E-state index is 14.1. The van der Waals surface area contributed by atoms with Crippen LogP contribution in [0.5, 0.6) is 5.75 Å². The van der Waals surface area contributed by atoms with Crippen LogP contribution in [0.3, 0.4) is 0 Å². The average Bonchev–Trinajstić information content (AvgIpc) is 3.47. The van der Waals surface area contributed by atoms with E-state index in [2.05, 4.69) is 25.9 Å². The lowest BCUT2D eigenvalue weighted by molar-refractivity contribution is -0.133. The van der Waals surface area contributed by atoms with E-state index in [1.165, 1.54) is 0 Å². The lowest BCUT2D eigenvalue weighted by atomic mass is 9.97. The third-order valence-corrected chi connectivity index (χ3v) is 8.23. The largest absolute Gasteiger partial charge is 0.508 e. The third kappa shape index (κ3) is 10.4. The summed E-state index contributed by atoms with van der Waals surface area (Å²) in [5.74, 6) is -2.31. The molecule has 0 aliphatic heterocycles. The predicted molar refractivity (Wildman–Crippen MR) is 189 cm³/mol. The number of nitrogens with two attached hydrogens (primary N) is 4. The molecule has 260 valence electrons. The van der Waals surface area contributed by atoms with Crippen LogP contribution in [0, 0.1) is 0 Å². The molecule has 0 saturated heterocycles. The molecular formula is C35H45N9O5. The first-order valence-corrected chi connectivity index (χ1v) is 16.3. The van der Waals surface area contributed by atoms with Gasteiger partial charge in [-0.15, -0.1) is 0 Å². The van der Waals surface area contributed by atoms with Gasteiger partial charge in [0.2, 0.25) is 23.6 Å². The second-order valence-corrected chi connectivity index (χ2v) is 11.9. The minimum atomic E-state index is -1.14. The van der Waals surface area contributed by atoms with Crippen LogP contribution in [0.2, 0.25) is 0 Å². The van der Waals surface area contributed by atoms with Gasteiger partial charge >= 0.3 is 0 Å². The van der Waals surface area contributed by atoms with Crippen LogP contribution < -0.4 is 38.9 Å². The number of phenols is 1. The highest BCUT2D eigenvalue weighted by Crippen LogP contribution is 2.24. The van der Waals surface area contributed by atoms with E-state index in [1.54, 1.807) is 24.4 Å². The zero-order valence-electron chi connectivity index (χ0n) is 27.3. The van der Waals surface area contributed by atoms with Gasteiger partial charge in [0.05, 0.1) is 0 Å². The summed E-state index contributed by atoms with van der Waals surface area (Å²) >= 11 is 0. The molecule has 3 aromatic carbocycles. The quantitative estimate of drug-likeness (QED) is 0.0417. The Morgan fingerprint density at radius 1 is 0.776 bits per heavy atom. The van der Waals surface area contributed by atoms with Crippen molar-refractivity contribution in [1.82, 2.24) is 20.9 Å². The fourth-order valence-corrected chi connectivity index (χ4v) is 5.69. The molecule has 3 atom stereocenters. The van der Waals surface area contributed by atoms with Gasteiger partial charge in [0.1, 0.15) is 23.9 Å². The van der Waals surface area contributed by atoms with E-state index in [0.29, 0.717) is 43.3 Å². The van der Waals surface area contributed by atoms with Gasteiger partial charge in [-0.3, -0.25) is 24.2 Å². The van der Waals surface area contributed by atoms with Gasteiger partial charge < -0.3 is 49.0 Å². The van der Waals surface area contributed by atoms with Crippen molar-refractivity contribution in [2.24, 2.45) is 27.9 Å². The maximum Gasteiger partial charge on any atom is 0.243 e. The molecule has 0 bridgehead atoms. The van der Waals surface area contributed by atoms with Gasteiger partial charge in [0.15, 0.2) is 5.96 Å². The summed E-state index contributed by atoms with van der Waals surface area (Å²) in [5.41, 5.74) is 24.2. The van der Waals surface area contributed by atoms with Crippen molar-refractivity contribution in [1.29, 1.82) is 0 Å². The number of unbranched alkanes of at least 4 members (excludes halogenated alkanes) is 1. The lowest BCUT2D eigenvalue weighted by Crippen LogP contribution is -2.57. The molecule has 0 unspecified atom stereocenters. The summed E-state index contributed by atoms with van der Waals surface area (Å²) in [6, 6.07) is 14.9. The van der Waals surface area contributed by atoms with Crippen LogP contribution in [0.4, 0.5) is 0 Å². The van der Waals surface area contributed by atoms with Crippen molar-refractivity contribution in [2.75, 3.05) is 13.1 Å². The van der Waals surface area contributed by atoms with Crippen LogP contribution in [0.1, 0.15) is 43.2 Å². The predicted octanol–water partition coefficient (Wildman–Crippen LogP) is 0.934. The minimum absolute atomic E-state index is 0.0384. The number of phenolic OH excluding ortho intramolecular Hbond substituents is 1. The number of aromatic amines is 1. The molecule has 0 saturated carbocycles. The molecule has 1 heterocycles. The molecule has 49 heavy (non-hydrogen) atoms. The number of primary amides is 1. The van der Waals surface area contributed by atoms with Gasteiger partial charge in [-0.25, -0.2) is 0 Å². The first-order chi connectivity index (χ1) is 23.5. The van der Waals surface area contributed by atoms with Crippen LogP contribution in [-0.2, 0) is 32.0 Å². The normalized spacial score (nSPS) is 12.9. The molecule has 0 radical (unpaired) electrons. The number of aromatic hydroxyl groups is 1. The minimum Gasteiger partial charge on any atom is -0.508 e. The van der Waals surface area contributed by atoms with E-state index in [9.17, 15) is 24.3 Å². The fourth-order valence-electron chi connectivity index (χ4n) is 5.69. The Morgan fingerprint density at radius 3 is 2.20 bits per heavy atom. The van der Waals surface area contributed by atoms with Crippen molar-refractivity contribution in [3.05, 3.63) is 78.0 Å². The van der Waals surface area contributed by atoms with Crippen molar-refractivity contribution >= 4 is 51.3 Å². The number of amides is 4. The number of fused-ring (bicyclic) bond motifs is 2. The number of hydrogen-bond donors (Lipinski definition) is 9. The zero-order chi connectivity index (χ0) is 35.3. The second-order valence-electron chi connectivity index (χ2n) is 11.9. The number of H-pyrrole nitrogens is 1. The van der Waals surface area contributed by atoms with Gasteiger partial charge in [-0.2, -0.15) is 0 Å². The fraction of sp³-hybridized carbons (Fsp3) is 0.343. The highest BCUT2D eigenvalue weighted by Gasteiger charge is 2.30. The standard InChI is InChI=1S/C35H45N9O5/c36-15-6-12-31(46)42-29(18-23-20-41-27-14-13-24(45)19-26(23)27)33(48)44-30(17-22-9-5-8-21-7-1-2-10-25(21)22)34(49)43-28(32(37)47)11-3-4-16-40-35(38)39/h1-2,5,7-10,13-14,19-20,28-30,41,45H,3-4,6,11-12,15-18,36H2,(H2,37,47)(H,42,46)(H,43,49)(H,44,48)(H4,38,39,40)/t28-,29-,30-/m0/s1. The molecular weight excluding hydrogens is 626 g/mol. The van der Waals surface area contributed by atoms with Crippen LogP contribution in [0.25, 0.3) is 21.7 Å². The van der Waals surface area contributed by atoms with Crippen LogP contribution in [0.15, 0.2) is 71.9 Å². The summed E-state index contributed by atoms with van der Waals surface area (Å²) < 4.78 is 0. The third-order valence-electron chi connectivity index (χ3n) is 8.23. The topological polar surface area (TPSA) is 257 Å². The second kappa shape index (κ2) is 17.5. The number of benzene rings is 3. The number of hydrogen-bond acceptors (Lipinski definition) is 7. The first kappa shape index (κ1) is 36.2. The van der Waals surface area contributed by atoms with E-state index in [0.717, 1.165) is 21.9 Å². The average molecular weight is 672 g/mol. The molecule has 14 nitrogen and oxygen atoms in total. The van der Waals surface area contributed by atoms with Crippen LogP contribution >= 0.6 is 0 Å². The molecule has 1 aromatic heterocycles. The number of aliphatic imine (C=N–C) groups is 1. The highest BCUT2D eigenvalue weighted by atomic mass is 16.3. The monoisotopic (exact) mass is 671 g/mol. The number of carbonyl (C=O) groups is 4. The highest BCUT2D eigenvalue weighted by molar-refractivity contribution is 5.95. The lowest BCUT2D eigenvalue weighted by Gasteiger charge is -2.25. The molecule has 13 N–H and O–H groups in total. The van der Waals surface area contributed by atoms with Gasteiger partial charge in [0.25, 0.3) is 0 Å². The number of carbonyl (C=O) groups excluding carboxylic acids is 4. The first-order valence-electron chi connectivity index (χ1n) is 16.3. The molecule has 14 heteroatoms. The molecule has 0 aliphatic rings. The summed E-state index contributed by atoms with van der Waals surface area (Å²) in [6.45, 7) is 0.657. The Kier molecular flexibility index (Phi) is 12.9. The number of rotatable bonds is 18. The van der Waals surface area contributed by atoms with E-state index >= 15 is 0 Å². The Bertz CT molecular complexity index is 1800. The Balaban J connectivity index is 1.61. The van der Waals surface area contributed by atoms with Gasteiger partial charge in [-0.05, 0) is 72.3 Å². The number of nitrogens with one attached hydrogen (secondary N) is 4. The number of aromatic nitrogens is 1. The van der Waals surface area contributed by atoms with E-state index in [-0.39, 0.29) is 43.3 Å². The summed E-state index contributed by atoms with van der Waals surface area (Å²) in [5, 5.41) is 21.0. The Labute approximate surface area is 284 Å². The van der Waals surface area contributed by atoms with Crippen molar-refractivity contribution in [3.63, 3.8) is 0 Å². The van der Waals surface area contributed by atoms with Crippen molar-refractivity contribution < 1.29 is 24.3 Å². The summed E-state index contributed by atoms with van der Waals surface area (Å²) in [7, 11) is 0. The smallest absolute Gasteiger partial charge is 0.243 e. The number of nitrogens with zero attached hydrogens (tertiary/aromatic N) is 1. The molecule has 4 rings (SSSR count). The number of guanidine groups is 1. The molecule has 4 amide bonds. The molecule has 0 spiro atoms. The Morgan fingerprint density at radius 2 is 1.47 bits per heavy atom. The molecule has 0 fully saturated rings. The van der Waals surface area contributed by atoms with Crippen molar-refractivity contribution in [3.8, 4) is 5.75 Å².